The first kappa shape index (κ1) is 22.0. The fraction of sp³-hybridized carbons (Fsp3) is 0.316. The van der Waals surface area contributed by atoms with Crippen molar-refractivity contribution in [1.29, 1.82) is 0 Å². The predicted octanol–water partition coefficient (Wildman–Crippen LogP) is 3.92. The van der Waals surface area contributed by atoms with Crippen molar-refractivity contribution in [3.63, 3.8) is 0 Å². The summed E-state index contributed by atoms with van der Waals surface area (Å²) in [5.41, 5.74) is 0.660. The van der Waals surface area contributed by atoms with E-state index in [0.717, 1.165) is 17.3 Å². The van der Waals surface area contributed by atoms with Crippen LogP contribution in [0.15, 0.2) is 50.8 Å². The Kier molecular flexibility index (Phi) is 7.27. The average Bonchev–Trinajstić information content (AvgIpc) is 2.71. The average molecular weight is 495 g/mol. The number of nitrogens with zero attached hydrogens (tertiary/aromatic N) is 3. The molecule has 2 amide bonds. The fourth-order valence-corrected chi connectivity index (χ4v) is 4.33. The molecule has 1 aliphatic heterocycles. The summed E-state index contributed by atoms with van der Waals surface area (Å²) in [5, 5.41) is 8.90. The number of carbonyl (C=O) groups is 1. The van der Waals surface area contributed by atoms with E-state index in [1.807, 2.05) is 0 Å². The minimum absolute atomic E-state index is 0.243. The second kappa shape index (κ2) is 9.90. The second-order valence-electron chi connectivity index (χ2n) is 6.53. The van der Waals surface area contributed by atoms with Gasteiger partial charge in [0.05, 0.1) is 25.7 Å². The van der Waals surface area contributed by atoms with E-state index in [4.69, 9.17) is 4.74 Å². The van der Waals surface area contributed by atoms with Crippen molar-refractivity contribution in [2.24, 2.45) is 4.36 Å². The van der Waals surface area contributed by atoms with E-state index < -0.39 is 15.8 Å². The summed E-state index contributed by atoms with van der Waals surface area (Å²) < 4.78 is 23.7. The van der Waals surface area contributed by atoms with E-state index in [1.165, 1.54) is 12.3 Å². The first-order chi connectivity index (χ1) is 14.4. The highest BCUT2D eigenvalue weighted by Crippen LogP contribution is 2.31. The predicted molar refractivity (Wildman–Crippen MR) is 121 cm³/mol. The Hall–Kier alpha value is -2.66. The van der Waals surface area contributed by atoms with Crippen LogP contribution in [0.5, 0.6) is 5.75 Å². The maximum absolute atomic E-state index is 13.2. The van der Waals surface area contributed by atoms with Crippen LogP contribution in [0.25, 0.3) is 0 Å². The molecule has 1 unspecified atom stereocenters. The third-order valence-electron chi connectivity index (χ3n) is 4.13. The lowest BCUT2D eigenvalue weighted by Crippen LogP contribution is -2.21. The lowest BCUT2D eigenvalue weighted by atomic mass is 10.3. The fourth-order valence-electron chi connectivity index (χ4n) is 2.71. The summed E-state index contributed by atoms with van der Waals surface area (Å²) in [6.07, 6.45) is 6.24. The molecule has 9 nitrogen and oxygen atoms in total. The smallest absolute Gasteiger partial charge is 0.349 e. The Balaban J connectivity index is 1.97. The molecule has 4 bridgehead atoms. The largest absolute Gasteiger partial charge is 0.492 e. The Bertz CT molecular complexity index is 1070. The number of halogens is 1. The van der Waals surface area contributed by atoms with Crippen LogP contribution in [-0.4, -0.2) is 46.2 Å². The molecule has 0 saturated carbocycles. The molecule has 160 valence electrons. The molecule has 0 saturated heterocycles. The zero-order valence-corrected chi connectivity index (χ0v) is 18.9. The van der Waals surface area contributed by atoms with Crippen LogP contribution in [0.2, 0.25) is 0 Å². The number of aromatic nitrogens is 2. The van der Waals surface area contributed by atoms with Gasteiger partial charge in [-0.2, -0.15) is 4.98 Å². The molecule has 1 aliphatic rings. The maximum Gasteiger partial charge on any atom is 0.349 e. The zero-order valence-electron chi connectivity index (χ0n) is 16.5. The van der Waals surface area contributed by atoms with Gasteiger partial charge in [0, 0.05) is 37.3 Å². The lowest BCUT2D eigenvalue weighted by Gasteiger charge is -2.14. The Morgan fingerprint density at radius 3 is 3.10 bits per heavy atom. The molecule has 30 heavy (non-hydrogen) atoms. The monoisotopic (exact) mass is 494 g/mol. The van der Waals surface area contributed by atoms with Crippen molar-refractivity contribution in [2.75, 3.05) is 36.6 Å². The first-order valence-corrected chi connectivity index (χ1v) is 12.0. The summed E-state index contributed by atoms with van der Waals surface area (Å²) in [6, 6.07) is 4.41. The normalized spacial score (nSPS) is 15.4. The summed E-state index contributed by atoms with van der Waals surface area (Å²) in [4.78, 5) is 21.0. The Morgan fingerprint density at radius 2 is 2.30 bits per heavy atom. The van der Waals surface area contributed by atoms with Crippen molar-refractivity contribution in [2.45, 2.75) is 17.7 Å². The van der Waals surface area contributed by atoms with Gasteiger partial charge in [-0.15, -0.1) is 10.9 Å². The molecule has 11 heteroatoms. The number of hydrogen-bond acceptors (Lipinski definition) is 7. The Morgan fingerprint density at radius 1 is 1.47 bits per heavy atom. The van der Waals surface area contributed by atoms with E-state index >= 15 is 0 Å². The highest BCUT2D eigenvalue weighted by molar-refractivity contribution is 9.10. The summed E-state index contributed by atoms with van der Waals surface area (Å²) in [5.74, 6) is 1.51. The quantitative estimate of drug-likeness (QED) is 0.553. The van der Waals surface area contributed by atoms with Gasteiger partial charge >= 0.3 is 6.03 Å². The van der Waals surface area contributed by atoms with E-state index in [-0.39, 0.29) is 6.54 Å². The van der Waals surface area contributed by atoms with Crippen LogP contribution in [0.3, 0.4) is 0 Å². The number of anilines is 3. The summed E-state index contributed by atoms with van der Waals surface area (Å²) >= 11 is 3.44. The maximum atomic E-state index is 13.2. The molecule has 1 aromatic heterocycles. The van der Waals surface area contributed by atoms with Crippen LogP contribution < -0.4 is 20.7 Å². The number of rotatable bonds is 3. The SMILES string of the molecule is C=CCNC(=O)N=S(C)(=O)c1ccc2cc1OCCCCNc1nc(ncc1Br)N2. The molecular formula is C19H23BrN6O3S. The van der Waals surface area contributed by atoms with Gasteiger partial charge in [-0.1, -0.05) is 6.08 Å². The summed E-state index contributed by atoms with van der Waals surface area (Å²) in [6.45, 7) is 4.92. The van der Waals surface area contributed by atoms with Gasteiger partial charge in [-0.25, -0.2) is 14.0 Å². The number of nitrogens with one attached hydrogen (secondary N) is 3. The highest BCUT2D eigenvalue weighted by Gasteiger charge is 2.17. The molecule has 0 aliphatic carbocycles. The molecule has 0 spiro atoms. The van der Waals surface area contributed by atoms with E-state index in [9.17, 15) is 9.00 Å². The third-order valence-corrected chi connectivity index (χ3v) is 6.38. The van der Waals surface area contributed by atoms with Crippen molar-refractivity contribution in [3.8, 4) is 5.75 Å². The van der Waals surface area contributed by atoms with Gasteiger partial charge in [-0.05, 0) is 40.9 Å². The number of ether oxygens (including phenoxy) is 1. The van der Waals surface area contributed by atoms with E-state index in [2.05, 4.69) is 52.8 Å². The van der Waals surface area contributed by atoms with Crippen LogP contribution >= 0.6 is 15.9 Å². The number of urea groups is 1. The van der Waals surface area contributed by atoms with Gasteiger partial charge in [0.15, 0.2) is 0 Å². The van der Waals surface area contributed by atoms with Crippen molar-refractivity contribution < 1.29 is 13.7 Å². The number of benzene rings is 1. The molecule has 1 aromatic carbocycles. The minimum atomic E-state index is -3.02. The highest BCUT2D eigenvalue weighted by atomic mass is 79.9. The van der Waals surface area contributed by atoms with Gasteiger partial charge in [0.25, 0.3) is 0 Å². The van der Waals surface area contributed by atoms with Gasteiger partial charge in [-0.3, -0.25) is 0 Å². The van der Waals surface area contributed by atoms with Crippen molar-refractivity contribution >= 4 is 49.1 Å². The third kappa shape index (κ3) is 5.70. The molecular weight excluding hydrogens is 472 g/mol. The molecule has 0 radical (unpaired) electrons. The van der Waals surface area contributed by atoms with Crippen molar-refractivity contribution in [3.05, 3.63) is 41.5 Å². The summed E-state index contributed by atoms with van der Waals surface area (Å²) in [7, 11) is -3.02. The number of fused-ring (bicyclic) bond motifs is 4. The standard InChI is InChI=1S/C19H23BrN6O3S/c1-3-8-22-19(27)26-30(2,28)16-7-6-13-11-15(16)29-10-5-4-9-21-17-14(20)12-23-18(24-13)25-17/h3,6-7,11-12H,1,4-5,8-10H2,2H3,(H,22,27)(H2,21,23,24,25). The molecule has 1 atom stereocenters. The first-order valence-electron chi connectivity index (χ1n) is 9.30. The molecule has 2 aromatic rings. The number of amides is 2. The molecule has 2 heterocycles. The second-order valence-corrected chi connectivity index (χ2v) is 9.61. The lowest BCUT2D eigenvalue weighted by molar-refractivity contribution is 0.250. The van der Waals surface area contributed by atoms with Gasteiger partial charge in [0.1, 0.15) is 11.6 Å². The van der Waals surface area contributed by atoms with Crippen LogP contribution in [-0.2, 0) is 9.73 Å². The van der Waals surface area contributed by atoms with Gasteiger partial charge < -0.3 is 20.7 Å². The molecule has 0 fully saturated rings. The van der Waals surface area contributed by atoms with Crippen LogP contribution in [0, 0.1) is 0 Å². The molecule has 3 rings (SSSR count). The molecule has 3 N–H and O–H groups in total. The topological polar surface area (TPSA) is 118 Å². The van der Waals surface area contributed by atoms with Crippen LogP contribution in [0.1, 0.15) is 12.8 Å². The minimum Gasteiger partial charge on any atom is -0.492 e. The zero-order chi connectivity index (χ0) is 21.6. The Labute approximate surface area is 184 Å². The van der Waals surface area contributed by atoms with Gasteiger partial charge in [0.2, 0.25) is 5.95 Å². The van der Waals surface area contributed by atoms with E-state index in [1.54, 1.807) is 24.4 Å². The van der Waals surface area contributed by atoms with Crippen LogP contribution in [0.4, 0.5) is 22.2 Å². The number of hydrogen-bond donors (Lipinski definition) is 3. The number of carbonyl (C=O) groups excluding carboxylic acids is 1. The van der Waals surface area contributed by atoms with Crippen molar-refractivity contribution in [1.82, 2.24) is 15.3 Å². The van der Waals surface area contributed by atoms with E-state index in [0.29, 0.717) is 41.3 Å².